The van der Waals surface area contributed by atoms with Gasteiger partial charge in [-0.15, -0.1) is 11.3 Å². The Hall–Kier alpha value is -3.23. The van der Waals surface area contributed by atoms with E-state index in [1.165, 1.54) is 23.5 Å². The van der Waals surface area contributed by atoms with E-state index in [1.807, 2.05) is 16.3 Å². The Morgan fingerprint density at radius 1 is 1.21 bits per heavy atom. The first kappa shape index (κ1) is 22.6. The lowest BCUT2D eigenvalue weighted by atomic mass is 9.97. The van der Waals surface area contributed by atoms with Gasteiger partial charge in [0, 0.05) is 23.8 Å². The molecule has 174 valence electrons. The summed E-state index contributed by atoms with van der Waals surface area (Å²) in [6.07, 6.45) is 1.54. The second kappa shape index (κ2) is 9.56. The van der Waals surface area contributed by atoms with Gasteiger partial charge in [0.1, 0.15) is 10.5 Å². The Labute approximate surface area is 204 Å². The molecule has 4 aromatic rings. The molecule has 0 spiro atoms. The highest BCUT2D eigenvalue weighted by atomic mass is 35.5. The highest BCUT2D eigenvalue weighted by molar-refractivity contribution is 7.17. The zero-order chi connectivity index (χ0) is 23.7. The van der Waals surface area contributed by atoms with Gasteiger partial charge < -0.3 is 10.2 Å². The molecular formula is C25H22ClFN4O2S. The van der Waals surface area contributed by atoms with Crippen LogP contribution in [0, 0.1) is 11.7 Å². The van der Waals surface area contributed by atoms with Gasteiger partial charge in [-0.1, -0.05) is 29.8 Å². The second-order valence-electron chi connectivity index (χ2n) is 8.35. The summed E-state index contributed by atoms with van der Waals surface area (Å²) in [4.78, 5) is 33.2. The number of carbonyl (C=O) groups excluding carboxylic acids is 1. The van der Waals surface area contributed by atoms with Crippen LogP contribution in [0.15, 0.2) is 64.8 Å². The zero-order valence-corrected chi connectivity index (χ0v) is 19.8. The molecule has 1 N–H and O–H groups in total. The number of nitrogens with zero attached hydrogens (tertiary/aromatic N) is 3. The van der Waals surface area contributed by atoms with Crippen LogP contribution in [0.1, 0.15) is 18.4 Å². The van der Waals surface area contributed by atoms with E-state index in [1.54, 1.807) is 41.0 Å². The Bertz CT molecular complexity index is 1400. The Morgan fingerprint density at radius 3 is 2.82 bits per heavy atom. The molecule has 9 heteroatoms. The molecule has 1 amide bonds. The van der Waals surface area contributed by atoms with Crippen LogP contribution in [0.4, 0.5) is 16.0 Å². The first-order valence-electron chi connectivity index (χ1n) is 11.0. The molecular weight excluding hydrogens is 475 g/mol. The van der Waals surface area contributed by atoms with Crippen molar-refractivity contribution >= 4 is 50.7 Å². The zero-order valence-electron chi connectivity index (χ0n) is 18.2. The molecule has 1 aliphatic heterocycles. The number of thiophene rings is 1. The normalized spacial score (nSPS) is 16.1. The van der Waals surface area contributed by atoms with Crippen LogP contribution in [0.25, 0.3) is 10.2 Å². The largest absolute Gasteiger partial charge is 0.341 e. The number of piperidine rings is 1. The Balaban J connectivity index is 1.44. The summed E-state index contributed by atoms with van der Waals surface area (Å²) < 4.78 is 15.6. The number of carbonyl (C=O) groups is 1. The lowest BCUT2D eigenvalue weighted by molar-refractivity contribution is -0.120. The van der Waals surface area contributed by atoms with E-state index in [2.05, 4.69) is 5.32 Å². The van der Waals surface area contributed by atoms with Crippen LogP contribution in [-0.4, -0.2) is 28.5 Å². The third-order valence-electron chi connectivity index (χ3n) is 5.97. The van der Waals surface area contributed by atoms with Crippen LogP contribution in [-0.2, 0) is 11.3 Å². The molecule has 0 bridgehead atoms. The van der Waals surface area contributed by atoms with Gasteiger partial charge >= 0.3 is 0 Å². The fraction of sp³-hybridized carbons (Fsp3) is 0.240. The number of rotatable bonds is 5. The molecule has 0 aliphatic carbocycles. The summed E-state index contributed by atoms with van der Waals surface area (Å²) in [6, 6.07) is 15.0. The van der Waals surface area contributed by atoms with Gasteiger partial charge in [-0.2, -0.15) is 0 Å². The van der Waals surface area contributed by atoms with Gasteiger partial charge in [0.05, 0.1) is 18.0 Å². The molecule has 0 unspecified atom stereocenters. The summed E-state index contributed by atoms with van der Waals surface area (Å²) in [5, 5.41) is 5.35. The van der Waals surface area contributed by atoms with Crippen LogP contribution < -0.4 is 15.8 Å². The molecule has 1 fully saturated rings. The van der Waals surface area contributed by atoms with Gasteiger partial charge in [-0.25, -0.2) is 9.37 Å². The fourth-order valence-corrected chi connectivity index (χ4v) is 5.24. The number of benzene rings is 2. The maximum Gasteiger partial charge on any atom is 0.273 e. The minimum Gasteiger partial charge on any atom is -0.341 e. The van der Waals surface area contributed by atoms with E-state index < -0.39 is 0 Å². The van der Waals surface area contributed by atoms with Crippen molar-refractivity contribution in [2.75, 3.05) is 23.3 Å². The summed E-state index contributed by atoms with van der Waals surface area (Å²) >= 11 is 7.40. The molecule has 34 heavy (non-hydrogen) atoms. The number of amides is 1. The van der Waals surface area contributed by atoms with Gasteiger partial charge in [-0.05, 0) is 60.2 Å². The van der Waals surface area contributed by atoms with Crippen molar-refractivity contribution in [2.45, 2.75) is 19.4 Å². The minimum absolute atomic E-state index is 0.0870. The van der Waals surface area contributed by atoms with E-state index >= 15 is 0 Å². The molecule has 1 saturated heterocycles. The van der Waals surface area contributed by atoms with Gasteiger partial charge in [0.25, 0.3) is 5.56 Å². The number of aromatic nitrogens is 2. The topological polar surface area (TPSA) is 67.2 Å². The Kier molecular flexibility index (Phi) is 6.34. The van der Waals surface area contributed by atoms with E-state index in [4.69, 9.17) is 16.6 Å². The number of fused-ring (bicyclic) bond motifs is 1. The van der Waals surface area contributed by atoms with Crippen molar-refractivity contribution in [2.24, 2.45) is 5.92 Å². The van der Waals surface area contributed by atoms with E-state index in [0.717, 1.165) is 18.4 Å². The van der Waals surface area contributed by atoms with Crippen LogP contribution in [0.5, 0.6) is 0 Å². The molecule has 1 aliphatic rings. The summed E-state index contributed by atoms with van der Waals surface area (Å²) in [5.41, 5.74) is 1.96. The average molecular weight is 497 g/mol. The molecule has 2 aromatic carbocycles. The summed E-state index contributed by atoms with van der Waals surface area (Å²) in [6.45, 7) is 1.40. The fourth-order valence-electron chi connectivity index (χ4n) is 4.27. The second-order valence-corrected chi connectivity index (χ2v) is 9.70. The lowest BCUT2D eigenvalue weighted by Crippen LogP contribution is -2.43. The molecule has 2 aromatic heterocycles. The number of halogens is 2. The number of hydrogen-bond acceptors (Lipinski definition) is 5. The third kappa shape index (κ3) is 4.69. The monoisotopic (exact) mass is 496 g/mol. The van der Waals surface area contributed by atoms with E-state index in [-0.39, 0.29) is 29.7 Å². The van der Waals surface area contributed by atoms with Crippen molar-refractivity contribution in [1.29, 1.82) is 0 Å². The van der Waals surface area contributed by atoms with Crippen LogP contribution in [0.3, 0.4) is 0 Å². The maximum atomic E-state index is 13.4. The van der Waals surface area contributed by atoms with Crippen LogP contribution >= 0.6 is 22.9 Å². The van der Waals surface area contributed by atoms with Crippen molar-refractivity contribution in [3.05, 3.63) is 86.7 Å². The Morgan fingerprint density at radius 2 is 2.03 bits per heavy atom. The molecule has 3 heterocycles. The average Bonchev–Trinajstić information content (AvgIpc) is 3.31. The van der Waals surface area contributed by atoms with Crippen molar-refractivity contribution in [3.63, 3.8) is 0 Å². The standard InChI is InChI=1S/C25H22ClFN4O2S/c26-18-4-1-5-20(13-18)28-23(32)17-3-2-11-30(15-17)25-29-21-10-12-34-22(21)24(33)31(25)14-16-6-8-19(27)9-7-16/h1,4-10,12-13,17H,2-3,11,14-15H2,(H,28,32)/t17-/m0/s1. The van der Waals surface area contributed by atoms with Crippen molar-refractivity contribution in [1.82, 2.24) is 9.55 Å². The molecule has 0 radical (unpaired) electrons. The maximum absolute atomic E-state index is 13.4. The summed E-state index contributed by atoms with van der Waals surface area (Å²) in [5.74, 6) is -0.147. The minimum atomic E-state index is -0.326. The molecule has 6 nitrogen and oxygen atoms in total. The van der Waals surface area contributed by atoms with E-state index in [9.17, 15) is 14.0 Å². The quantitative estimate of drug-likeness (QED) is 0.415. The van der Waals surface area contributed by atoms with Gasteiger partial charge in [0.15, 0.2) is 0 Å². The highest BCUT2D eigenvalue weighted by Gasteiger charge is 2.29. The highest BCUT2D eigenvalue weighted by Crippen LogP contribution is 2.26. The van der Waals surface area contributed by atoms with Crippen LogP contribution in [0.2, 0.25) is 5.02 Å². The smallest absolute Gasteiger partial charge is 0.273 e. The lowest BCUT2D eigenvalue weighted by Gasteiger charge is -2.34. The third-order valence-corrected chi connectivity index (χ3v) is 7.09. The van der Waals surface area contributed by atoms with Gasteiger partial charge in [0.2, 0.25) is 11.9 Å². The summed E-state index contributed by atoms with van der Waals surface area (Å²) in [7, 11) is 0. The van der Waals surface area contributed by atoms with Crippen molar-refractivity contribution in [3.8, 4) is 0 Å². The molecule has 0 saturated carbocycles. The SMILES string of the molecule is O=C(Nc1cccc(Cl)c1)[C@H]1CCCN(c2nc3ccsc3c(=O)n2Cc2ccc(F)cc2)C1. The first-order valence-corrected chi connectivity index (χ1v) is 12.3. The number of anilines is 2. The predicted octanol–water partition coefficient (Wildman–Crippen LogP) is 5.15. The van der Waals surface area contributed by atoms with Gasteiger partial charge in [-0.3, -0.25) is 14.2 Å². The number of hydrogen-bond donors (Lipinski definition) is 1. The first-order chi connectivity index (χ1) is 16.5. The van der Waals surface area contributed by atoms with E-state index in [0.29, 0.717) is 40.0 Å². The van der Waals surface area contributed by atoms with Crippen molar-refractivity contribution < 1.29 is 9.18 Å². The molecule has 1 atom stereocenters. The molecule has 5 rings (SSSR count). The number of nitrogens with one attached hydrogen (secondary N) is 1. The predicted molar refractivity (Wildman–Crippen MR) is 134 cm³/mol.